The van der Waals surface area contributed by atoms with Gasteiger partial charge < -0.3 is 10.6 Å². The van der Waals surface area contributed by atoms with E-state index in [0.29, 0.717) is 29.8 Å². The molecule has 3 aromatic carbocycles. The predicted molar refractivity (Wildman–Crippen MR) is 132 cm³/mol. The molecule has 0 saturated carbocycles. The van der Waals surface area contributed by atoms with Crippen LogP contribution >= 0.6 is 15.9 Å². The second kappa shape index (κ2) is 9.49. The number of nitrogens with one attached hydrogen (secondary N) is 2. The summed E-state index contributed by atoms with van der Waals surface area (Å²) in [6, 6.07) is 19.1. The molecule has 0 aromatic heterocycles. The van der Waals surface area contributed by atoms with Crippen LogP contribution in [0, 0.1) is 6.92 Å². The number of anilines is 2. The Kier molecular flexibility index (Phi) is 6.67. The van der Waals surface area contributed by atoms with Crippen molar-refractivity contribution in [2.24, 2.45) is 0 Å². The van der Waals surface area contributed by atoms with Gasteiger partial charge in [0.2, 0.25) is 11.8 Å². The number of amides is 2. The van der Waals surface area contributed by atoms with Crippen molar-refractivity contribution in [1.29, 1.82) is 0 Å². The first-order valence-electron chi connectivity index (χ1n) is 10.5. The van der Waals surface area contributed by atoms with Gasteiger partial charge in [-0.15, -0.1) is 0 Å². The van der Waals surface area contributed by atoms with Gasteiger partial charge in [0.25, 0.3) is 0 Å². The Morgan fingerprint density at radius 3 is 2.55 bits per heavy atom. The van der Waals surface area contributed by atoms with E-state index in [1.165, 1.54) is 6.07 Å². The van der Waals surface area contributed by atoms with Crippen LogP contribution in [-0.4, -0.2) is 26.0 Å². The van der Waals surface area contributed by atoms with Crippen LogP contribution in [0.2, 0.25) is 0 Å². The summed E-state index contributed by atoms with van der Waals surface area (Å²) in [5.74, 6) is -1.77. The van der Waals surface area contributed by atoms with Crippen molar-refractivity contribution >= 4 is 49.0 Å². The summed E-state index contributed by atoms with van der Waals surface area (Å²) in [7, 11) is -3.79. The minimum atomic E-state index is -3.79. The summed E-state index contributed by atoms with van der Waals surface area (Å²) >= 11 is 3.46. The molecule has 0 bridgehead atoms. The van der Waals surface area contributed by atoms with E-state index in [2.05, 4.69) is 26.6 Å². The van der Waals surface area contributed by atoms with Crippen LogP contribution in [0.15, 0.2) is 76.1 Å². The Morgan fingerprint density at radius 1 is 1.06 bits per heavy atom. The monoisotopic (exact) mass is 526 g/mol. The molecule has 0 aliphatic carbocycles. The Balaban J connectivity index is 1.64. The molecule has 170 valence electrons. The van der Waals surface area contributed by atoms with Crippen molar-refractivity contribution in [3.63, 3.8) is 0 Å². The second-order valence-electron chi connectivity index (χ2n) is 8.08. The van der Waals surface area contributed by atoms with Gasteiger partial charge in [-0.3, -0.25) is 9.59 Å². The number of hydrogen-bond acceptors (Lipinski definition) is 4. The van der Waals surface area contributed by atoms with E-state index in [4.69, 9.17) is 0 Å². The number of sulfone groups is 1. The van der Waals surface area contributed by atoms with E-state index >= 15 is 0 Å². The largest absolute Gasteiger partial charge is 0.326 e. The van der Waals surface area contributed by atoms with Gasteiger partial charge in [-0.1, -0.05) is 36.4 Å². The zero-order valence-corrected chi connectivity index (χ0v) is 20.4. The number of benzene rings is 3. The van der Waals surface area contributed by atoms with Crippen LogP contribution in [-0.2, 0) is 25.8 Å². The molecule has 0 radical (unpaired) electrons. The van der Waals surface area contributed by atoms with Crippen LogP contribution in [0.25, 0.3) is 0 Å². The number of rotatable bonds is 6. The molecule has 4 rings (SSSR count). The summed E-state index contributed by atoms with van der Waals surface area (Å²) in [4.78, 5) is 25.0. The molecule has 0 spiro atoms. The third-order valence-electron chi connectivity index (χ3n) is 5.62. The average molecular weight is 527 g/mol. The van der Waals surface area contributed by atoms with Crippen LogP contribution in [0.3, 0.4) is 0 Å². The molecule has 3 aromatic rings. The Hall–Kier alpha value is -2.97. The molecule has 1 unspecified atom stereocenters. The lowest BCUT2D eigenvalue weighted by Crippen LogP contribution is -2.28. The molecule has 6 nitrogen and oxygen atoms in total. The lowest BCUT2D eigenvalue weighted by molar-refractivity contribution is -0.117. The lowest BCUT2D eigenvalue weighted by atomic mass is 10.00. The molecule has 1 aliphatic heterocycles. The van der Waals surface area contributed by atoms with Gasteiger partial charge in [0.05, 0.1) is 22.3 Å². The molecule has 8 heteroatoms. The molecule has 1 aliphatic rings. The highest BCUT2D eigenvalue weighted by molar-refractivity contribution is 9.10. The molecule has 2 amide bonds. The van der Waals surface area contributed by atoms with Gasteiger partial charge >= 0.3 is 0 Å². The number of aryl methyl sites for hydroxylation is 2. The molecule has 0 fully saturated rings. The minimum absolute atomic E-state index is 0.0822. The van der Waals surface area contributed by atoms with E-state index in [9.17, 15) is 18.0 Å². The fourth-order valence-electron chi connectivity index (χ4n) is 3.82. The van der Waals surface area contributed by atoms with Crippen LogP contribution in [0.1, 0.15) is 29.0 Å². The lowest BCUT2D eigenvalue weighted by Gasteiger charge is -2.20. The van der Waals surface area contributed by atoms with E-state index in [1.54, 1.807) is 42.5 Å². The molecular weight excluding hydrogens is 504 g/mol. The normalized spacial score (nSPS) is 14.2. The second-order valence-corrected chi connectivity index (χ2v) is 11.0. The molecule has 1 heterocycles. The van der Waals surface area contributed by atoms with Gasteiger partial charge in [-0.25, -0.2) is 8.42 Å². The number of carbonyl (C=O) groups excluding carboxylic acids is 2. The van der Waals surface area contributed by atoms with Crippen LogP contribution in [0.5, 0.6) is 0 Å². The van der Waals surface area contributed by atoms with Gasteiger partial charge in [-0.2, -0.15) is 0 Å². The fraction of sp³-hybridized carbons (Fsp3) is 0.200. The SMILES string of the molecule is Cc1ccc(NC(=O)C(CS(=O)(=O)c2ccc3c(c2)CCC(=O)N3)c2ccccc2)c(Br)c1. The van der Waals surface area contributed by atoms with Gasteiger partial charge in [-0.05, 0) is 76.3 Å². The molecular formula is C25H23BrN2O4S. The zero-order chi connectivity index (χ0) is 23.6. The Labute approximate surface area is 201 Å². The third kappa shape index (κ3) is 5.34. The summed E-state index contributed by atoms with van der Waals surface area (Å²) in [5.41, 5.74) is 3.64. The topological polar surface area (TPSA) is 92.3 Å². The minimum Gasteiger partial charge on any atom is -0.326 e. The first-order chi connectivity index (χ1) is 15.7. The Bertz CT molecular complexity index is 1320. The van der Waals surface area contributed by atoms with Crippen molar-refractivity contribution in [2.75, 3.05) is 16.4 Å². The van der Waals surface area contributed by atoms with Gasteiger partial charge in [0.1, 0.15) is 0 Å². The smallest absolute Gasteiger partial charge is 0.232 e. The van der Waals surface area contributed by atoms with Crippen molar-refractivity contribution < 1.29 is 18.0 Å². The van der Waals surface area contributed by atoms with Crippen LogP contribution in [0.4, 0.5) is 11.4 Å². The van der Waals surface area contributed by atoms with Crippen molar-refractivity contribution in [2.45, 2.75) is 30.6 Å². The highest BCUT2D eigenvalue weighted by Gasteiger charge is 2.29. The van der Waals surface area contributed by atoms with Crippen LogP contribution < -0.4 is 10.6 Å². The summed E-state index contributed by atoms with van der Waals surface area (Å²) in [6.45, 7) is 1.94. The molecule has 2 N–H and O–H groups in total. The maximum Gasteiger partial charge on any atom is 0.232 e. The molecule has 33 heavy (non-hydrogen) atoms. The predicted octanol–water partition coefficient (Wildman–Crippen LogP) is 4.84. The van der Waals surface area contributed by atoms with Gasteiger partial charge in [0.15, 0.2) is 9.84 Å². The fourth-order valence-corrected chi connectivity index (χ4v) is 5.98. The van der Waals surface area contributed by atoms with Crippen molar-refractivity contribution in [3.05, 3.63) is 87.9 Å². The maximum absolute atomic E-state index is 13.4. The molecule has 0 saturated heterocycles. The number of carbonyl (C=O) groups is 2. The van der Waals surface area contributed by atoms with E-state index in [0.717, 1.165) is 15.6 Å². The summed E-state index contributed by atoms with van der Waals surface area (Å²) in [5, 5.41) is 5.62. The maximum atomic E-state index is 13.4. The quantitative estimate of drug-likeness (QED) is 0.480. The van der Waals surface area contributed by atoms with E-state index in [-0.39, 0.29) is 16.6 Å². The first kappa shape index (κ1) is 23.2. The van der Waals surface area contributed by atoms with E-state index in [1.807, 2.05) is 25.1 Å². The number of hydrogen-bond donors (Lipinski definition) is 2. The summed E-state index contributed by atoms with van der Waals surface area (Å²) < 4.78 is 27.4. The number of halogens is 1. The highest BCUT2D eigenvalue weighted by Crippen LogP contribution is 2.30. The average Bonchev–Trinajstić information content (AvgIpc) is 2.79. The zero-order valence-electron chi connectivity index (χ0n) is 18.0. The van der Waals surface area contributed by atoms with Crippen molar-refractivity contribution in [1.82, 2.24) is 0 Å². The molecule has 1 atom stereocenters. The highest BCUT2D eigenvalue weighted by atomic mass is 79.9. The first-order valence-corrected chi connectivity index (χ1v) is 12.9. The third-order valence-corrected chi connectivity index (χ3v) is 8.02. The van der Waals surface area contributed by atoms with E-state index < -0.39 is 21.7 Å². The van der Waals surface area contributed by atoms with Gasteiger partial charge in [0, 0.05) is 16.6 Å². The Morgan fingerprint density at radius 2 is 1.82 bits per heavy atom. The standard InChI is InChI=1S/C25H23BrN2O4S/c1-16-7-10-23(21(26)13-16)28-25(30)20(17-5-3-2-4-6-17)15-33(31,32)19-9-11-22-18(14-19)8-12-24(29)27-22/h2-7,9-11,13-14,20H,8,12,15H2,1H3,(H,27,29)(H,28,30). The summed E-state index contributed by atoms with van der Waals surface area (Å²) in [6.07, 6.45) is 0.797. The number of fused-ring (bicyclic) bond motifs is 1. The van der Waals surface area contributed by atoms with Crippen molar-refractivity contribution in [3.8, 4) is 0 Å².